The summed E-state index contributed by atoms with van der Waals surface area (Å²) in [5, 5.41) is 10.6. The molecule has 70 valence electrons. The molecular formula is C10H14N2O. The van der Waals surface area contributed by atoms with Crippen molar-refractivity contribution in [2.45, 2.75) is 6.61 Å². The van der Waals surface area contributed by atoms with E-state index in [1.165, 1.54) is 5.01 Å². The fourth-order valence-corrected chi connectivity index (χ4v) is 1.29. The van der Waals surface area contributed by atoms with Crippen molar-refractivity contribution < 1.29 is 5.11 Å². The molecule has 0 spiro atoms. The van der Waals surface area contributed by atoms with E-state index in [1.807, 2.05) is 18.2 Å². The van der Waals surface area contributed by atoms with E-state index in [2.05, 4.69) is 6.58 Å². The number of nitrogens with two attached hydrogens (primary N) is 1. The van der Waals surface area contributed by atoms with Gasteiger partial charge in [-0.15, -0.1) is 0 Å². The van der Waals surface area contributed by atoms with Gasteiger partial charge in [-0.2, -0.15) is 0 Å². The van der Waals surface area contributed by atoms with E-state index in [4.69, 9.17) is 10.9 Å². The Balaban J connectivity index is 3.26. The van der Waals surface area contributed by atoms with Crippen molar-refractivity contribution >= 4 is 11.8 Å². The van der Waals surface area contributed by atoms with Gasteiger partial charge in [0.1, 0.15) is 0 Å². The summed E-state index contributed by atoms with van der Waals surface area (Å²) >= 11 is 0. The standard InChI is InChI=1S/C10H14N2O/c1-3-8-5-4-6-10(12(2)11)9(8)7-13/h3-6,13H,1,7,11H2,2H3. The minimum atomic E-state index is -0.0287. The number of hydrogen-bond acceptors (Lipinski definition) is 3. The lowest BCUT2D eigenvalue weighted by Crippen LogP contribution is -2.26. The van der Waals surface area contributed by atoms with Crippen molar-refractivity contribution in [1.82, 2.24) is 0 Å². The SMILES string of the molecule is C=Cc1cccc(N(C)N)c1CO. The summed E-state index contributed by atoms with van der Waals surface area (Å²) in [4.78, 5) is 0. The van der Waals surface area contributed by atoms with Gasteiger partial charge in [-0.3, -0.25) is 0 Å². The number of benzene rings is 1. The molecule has 0 heterocycles. The first-order valence-corrected chi connectivity index (χ1v) is 4.04. The van der Waals surface area contributed by atoms with Gasteiger partial charge in [0.05, 0.1) is 12.3 Å². The van der Waals surface area contributed by atoms with Crippen LogP contribution in [0.2, 0.25) is 0 Å². The summed E-state index contributed by atoms with van der Waals surface area (Å²) in [5.41, 5.74) is 2.54. The molecule has 0 fully saturated rings. The van der Waals surface area contributed by atoms with Gasteiger partial charge in [0, 0.05) is 12.6 Å². The van der Waals surface area contributed by atoms with E-state index in [0.717, 1.165) is 16.8 Å². The Morgan fingerprint density at radius 3 is 2.77 bits per heavy atom. The first-order valence-electron chi connectivity index (χ1n) is 4.04. The molecule has 0 aromatic heterocycles. The van der Waals surface area contributed by atoms with Crippen molar-refractivity contribution in [2.24, 2.45) is 5.84 Å². The predicted octanol–water partition coefficient (Wildman–Crippen LogP) is 1.13. The van der Waals surface area contributed by atoms with Crippen molar-refractivity contribution in [3.05, 3.63) is 35.9 Å². The monoisotopic (exact) mass is 178 g/mol. The fraction of sp³-hybridized carbons (Fsp3) is 0.200. The quantitative estimate of drug-likeness (QED) is 0.539. The Bertz CT molecular complexity index is 308. The summed E-state index contributed by atoms with van der Waals surface area (Å²) in [7, 11) is 1.74. The number of hydrazine groups is 1. The first-order chi connectivity index (χ1) is 6.20. The van der Waals surface area contributed by atoms with Gasteiger partial charge in [0.25, 0.3) is 0 Å². The van der Waals surface area contributed by atoms with Gasteiger partial charge in [-0.05, 0) is 11.6 Å². The lowest BCUT2D eigenvalue weighted by atomic mass is 10.1. The largest absolute Gasteiger partial charge is 0.392 e. The van der Waals surface area contributed by atoms with E-state index >= 15 is 0 Å². The molecule has 1 aromatic carbocycles. The Hall–Kier alpha value is -1.32. The highest BCUT2D eigenvalue weighted by molar-refractivity contribution is 5.63. The lowest BCUT2D eigenvalue weighted by Gasteiger charge is -2.17. The van der Waals surface area contributed by atoms with Crippen LogP contribution in [0.15, 0.2) is 24.8 Å². The molecule has 1 aromatic rings. The molecule has 0 saturated carbocycles. The van der Waals surface area contributed by atoms with Crippen LogP contribution in [0.25, 0.3) is 6.08 Å². The Kier molecular flexibility index (Phi) is 3.06. The highest BCUT2D eigenvalue weighted by Gasteiger charge is 2.06. The van der Waals surface area contributed by atoms with Crippen LogP contribution in [0.5, 0.6) is 0 Å². The van der Waals surface area contributed by atoms with Crippen LogP contribution in [-0.4, -0.2) is 12.2 Å². The molecule has 13 heavy (non-hydrogen) atoms. The smallest absolute Gasteiger partial charge is 0.0708 e. The van der Waals surface area contributed by atoms with Crippen molar-refractivity contribution in [2.75, 3.05) is 12.1 Å². The van der Waals surface area contributed by atoms with Crippen LogP contribution in [0, 0.1) is 0 Å². The maximum Gasteiger partial charge on any atom is 0.0708 e. The van der Waals surface area contributed by atoms with Gasteiger partial charge in [-0.25, -0.2) is 5.84 Å². The zero-order valence-electron chi connectivity index (χ0n) is 7.70. The van der Waals surface area contributed by atoms with Crippen LogP contribution >= 0.6 is 0 Å². The van der Waals surface area contributed by atoms with Gasteiger partial charge in [0.2, 0.25) is 0 Å². The minimum absolute atomic E-state index is 0.0287. The highest BCUT2D eigenvalue weighted by atomic mass is 16.3. The van der Waals surface area contributed by atoms with Gasteiger partial charge >= 0.3 is 0 Å². The molecule has 0 aliphatic carbocycles. The number of rotatable bonds is 3. The van der Waals surface area contributed by atoms with Gasteiger partial charge in [-0.1, -0.05) is 24.8 Å². The van der Waals surface area contributed by atoms with Gasteiger partial charge in [0.15, 0.2) is 0 Å². The molecule has 3 heteroatoms. The second kappa shape index (κ2) is 4.07. The zero-order chi connectivity index (χ0) is 9.84. The maximum atomic E-state index is 9.15. The Morgan fingerprint density at radius 2 is 2.31 bits per heavy atom. The molecule has 1 rings (SSSR count). The topological polar surface area (TPSA) is 49.5 Å². The molecule has 3 N–H and O–H groups in total. The van der Waals surface area contributed by atoms with Crippen molar-refractivity contribution in [3.63, 3.8) is 0 Å². The molecule has 0 radical (unpaired) electrons. The number of aliphatic hydroxyl groups is 1. The van der Waals surface area contributed by atoms with E-state index in [0.29, 0.717) is 0 Å². The molecule has 0 aliphatic rings. The van der Waals surface area contributed by atoms with Crippen LogP contribution in [-0.2, 0) is 6.61 Å². The molecule has 0 amide bonds. The zero-order valence-corrected chi connectivity index (χ0v) is 7.70. The molecule has 0 atom stereocenters. The lowest BCUT2D eigenvalue weighted by molar-refractivity contribution is 0.282. The number of nitrogens with zero attached hydrogens (tertiary/aromatic N) is 1. The van der Waals surface area contributed by atoms with Crippen molar-refractivity contribution in [1.29, 1.82) is 0 Å². The average molecular weight is 178 g/mol. The summed E-state index contributed by atoms with van der Waals surface area (Å²) < 4.78 is 0. The van der Waals surface area contributed by atoms with Gasteiger partial charge < -0.3 is 10.1 Å². The molecule has 0 saturated heterocycles. The third-order valence-corrected chi connectivity index (χ3v) is 1.95. The number of hydrogen-bond donors (Lipinski definition) is 2. The van der Waals surface area contributed by atoms with Crippen LogP contribution < -0.4 is 10.9 Å². The molecule has 0 bridgehead atoms. The van der Waals surface area contributed by atoms with Crippen molar-refractivity contribution in [3.8, 4) is 0 Å². The van der Waals surface area contributed by atoms with E-state index in [-0.39, 0.29) is 6.61 Å². The third kappa shape index (κ3) is 1.88. The normalized spacial score (nSPS) is 9.77. The average Bonchev–Trinajstić information content (AvgIpc) is 2.16. The third-order valence-electron chi connectivity index (χ3n) is 1.95. The Labute approximate surface area is 78.1 Å². The molecule has 0 unspecified atom stereocenters. The second-order valence-corrected chi connectivity index (χ2v) is 2.82. The highest BCUT2D eigenvalue weighted by Crippen LogP contribution is 2.22. The summed E-state index contributed by atoms with van der Waals surface area (Å²) in [6, 6.07) is 5.64. The maximum absolute atomic E-state index is 9.15. The summed E-state index contributed by atoms with van der Waals surface area (Å²) in [6.45, 7) is 3.64. The van der Waals surface area contributed by atoms with E-state index in [9.17, 15) is 0 Å². The van der Waals surface area contributed by atoms with E-state index in [1.54, 1.807) is 13.1 Å². The molecule has 0 aliphatic heterocycles. The van der Waals surface area contributed by atoms with Crippen LogP contribution in [0.1, 0.15) is 11.1 Å². The van der Waals surface area contributed by atoms with Crippen LogP contribution in [0.4, 0.5) is 5.69 Å². The molecular weight excluding hydrogens is 164 g/mol. The van der Waals surface area contributed by atoms with Crippen LogP contribution in [0.3, 0.4) is 0 Å². The number of aliphatic hydroxyl groups excluding tert-OH is 1. The summed E-state index contributed by atoms with van der Waals surface area (Å²) in [6.07, 6.45) is 1.71. The second-order valence-electron chi connectivity index (χ2n) is 2.82. The number of anilines is 1. The predicted molar refractivity (Wildman–Crippen MR) is 55.0 cm³/mol. The minimum Gasteiger partial charge on any atom is -0.392 e. The Morgan fingerprint density at radius 1 is 1.62 bits per heavy atom. The fourth-order valence-electron chi connectivity index (χ4n) is 1.29. The molecule has 3 nitrogen and oxygen atoms in total. The summed E-state index contributed by atoms with van der Waals surface area (Å²) in [5.74, 6) is 5.60. The first kappa shape index (κ1) is 9.77. The van der Waals surface area contributed by atoms with E-state index < -0.39 is 0 Å².